The number of nitrogens with one attached hydrogen (secondary N) is 1. The highest BCUT2D eigenvalue weighted by Crippen LogP contribution is 2.65. The molecule has 1 heterocycles. The Morgan fingerprint density at radius 3 is 2.43 bits per heavy atom. The number of amides is 1. The Morgan fingerprint density at radius 2 is 1.74 bits per heavy atom. The van der Waals surface area contributed by atoms with Crippen molar-refractivity contribution in [3.8, 4) is 0 Å². The number of hydrogen-bond donors (Lipinski definition) is 1. The average Bonchev–Trinajstić information content (AvgIpc) is 3.25. The number of carbonyl (C=O) groups is 3. The third-order valence-electron chi connectivity index (χ3n) is 7.43. The Morgan fingerprint density at radius 1 is 1.00 bits per heavy atom. The molecule has 1 amide bonds. The normalized spacial score (nSPS) is 20.8. The summed E-state index contributed by atoms with van der Waals surface area (Å²) in [5, 5.41) is 2.72. The lowest BCUT2D eigenvalue weighted by Gasteiger charge is -2.13. The van der Waals surface area contributed by atoms with Crippen molar-refractivity contribution in [2.45, 2.75) is 42.0 Å². The Kier molecular flexibility index (Phi) is 9.07. The third-order valence-corrected chi connectivity index (χ3v) is 9.31. The lowest BCUT2D eigenvalue weighted by molar-refractivity contribution is -0.127. The molecule has 5 rings (SSSR count). The Labute approximate surface area is 262 Å². The molecule has 3 aromatic carbocycles. The zero-order valence-electron chi connectivity index (χ0n) is 21.7. The first-order valence-electron chi connectivity index (χ1n) is 12.9. The SMILES string of the molecule is O=C(Cc1ccc(F)c(CC(=O)C2CCCO2)c1F)c1cc(NC(=O)[C@H]2[C@H](c3ccc(F)c(Br)c3)C2(Cl)Cl)ccc1Cl. The Balaban J connectivity index is 1.30. The minimum Gasteiger partial charge on any atom is -0.370 e. The third kappa shape index (κ3) is 6.26. The first-order valence-corrected chi connectivity index (χ1v) is 14.9. The molecule has 3 atom stereocenters. The van der Waals surface area contributed by atoms with Gasteiger partial charge in [-0.15, -0.1) is 23.2 Å². The number of hydrogen-bond acceptors (Lipinski definition) is 4. The van der Waals surface area contributed by atoms with Gasteiger partial charge in [0.25, 0.3) is 0 Å². The fourth-order valence-corrected chi connectivity index (χ4v) is 6.59. The monoisotopic (exact) mass is 701 g/mol. The smallest absolute Gasteiger partial charge is 0.231 e. The van der Waals surface area contributed by atoms with Crippen molar-refractivity contribution in [2.24, 2.45) is 5.92 Å². The molecular weight excluding hydrogens is 682 g/mol. The number of anilines is 1. The number of Topliss-reactive ketones (excluding diaryl/α,β-unsaturated/α-hetero) is 2. The maximum atomic E-state index is 15.3. The predicted octanol–water partition coefficient (Wildman–Crippen LogP) is 7.76. The molecule has 220 valence electrons. The summed E-state index contributed by atoms with van der Waals surface area (Å²) in [4.78, 5) is 38.7. The van der Waals surface area contributed by atoms with Gasteiger partial charge in [0, 0.05) is 42.2 Å². The predicted molar refractivity (Wildman–Crippen MR) is 157 cm³/mol. The maximum absolute atomic E-state index is 15.3. The van der Waals surface area contributed by atoms with Crippen molar-refractivity contribution in [1.82, 2.24) is 0 Å². The quantitative estimate of drug-likeness (QED) is 0.183. The van der Waals surface area contributed by atoms with E-state index in [9.17, 15) is 23.2 Å². The van der Waals surface area contributed by atoms with Crippen LogP contribution in [0.1, 0.15) is 45.8 Å². The molecule has 1 aliphatic carbocycles. The van der Waals surface area contributed by atoms with Gasteiger partial charge in [-0.3, -0.25) is 14.4 Å². The summed E-state index contributed by atoms with van der Waals surface area (Å²) in [5.41, 5.74) is 0.241. The molecule has 5 nitrogen and oxygen atoms in total. The van der Waals surface area contributed by atoms with Crippen LogP contribution >= 0.6 is 50.7 Å². The van der Waals surface area contributed by atoms with E-state index in [0.717, 1.165) is 12.1 Å². The summed E-state index contributed by atoms with van der Waals surface area (Å²) in [6.45, 7) is 0.419. The minimum atomic E-state index is -1.44. The van der Waals surface area contributed by atoms with Crippen LogP contribution in [0, 0.1) is 23.4 Å². The number of benzene rings is 3. The van der Waals surface area contributed by atoms with E-state index in [0.29, 0.717) is 25.0 Å². The van der Waals surface area contributed by atoms with E-state index in [1.165, 1.54) is 36.4 Å². The van der Waals surface area contributed by atoms with E-state index >= 15 is 4.39 Å². The van der Waals surface area contributed by atoms with Crippen LogP contribution in [0.25, 0.3) is 0 Å². The molecule has 1 aliphatic heterocycles. The molecule has 0 radical (unpaired) electrons. The Hall–Kier alpha value is -2.43. The van der Waals surface area contributed by atoms with E-state index in [4.69, 9.17) is 39.5 Å². The van der Waals surface area contributed by atoms with Crippen molar-refractivity contribution < 1.29 is 32.3 Å². The zero-order chi connectivity index (χ0) is 30.3. The molecule has 0 bridgehead atoms. The number of halogens is 7. The first-order chi connectivity index (χ1) is 19.9. The second-order valence-corrected chi connectivity index (χ2v) is 12.9. The van der Waals surface area contributed by atoms with Gasteiger partial charge in [0.05, 0.1) is 15.4 Å². The van der Waals surface area contributed by atoms with Gasteiger partial charge in [-0.1, -0.05) is 23.7 Å². The summed E-state index contributed by atoms with van der Waals surface area (Å²) >= 11 is 22.2. The van der Waals surface area contributed by atoms with Crippen LogP contribution in [-0.2, 0) is 27.2 Å². The lowest BCUT2D eigenvalue weighted by atomic mass is 9.96. The summed E-state index contributed by atoms with van der Waals surface area (Å²) in [7, 11) is 0. The van der Waals surface area contributed by atoms with E-state index in [1.54, 1.807) is 0 Å². The fourth-order valence-electron chi connectivity index (χ4n) is 5.14. The number of ether oxygens (including phenoxy) is 1. The number of alkyl halides is 2. The topological polar surface area (TPSA) is 72.5 Å². The molecule has 1 unspecified atom stereocenters. The van der Waals surface area contributed by atoms with Crippen LogP contribution in [0.15, 0.2) is 53.0 Å². The zero-order valence-corrected chi connectivity index (χ0v) is 25.5. The van der Waals surface area contributed by atoms with Crippen LogP contribution in [0.4, 0.5) is 18.9 Å². The van der Waals surface area contributed by atoms with Crippen LogP contribution in [-0.4, -0.2) is 34.5 Å². The number of carbonyl (C=O) groups excluding carboxylic acids is 3. The van der Waals surface area contributed by atoms with Gasteiger partial charge in [0.2, 0.25) is 5.91 Å². The van der Waals surface area contributed by atoms with Gasteiger partial charge in [0.15, 0.2) is 11.6 Å². The van der Waals surface area contributed by atoms with Crippen molar-refractivity contribution in [2.75, 3.05) is 11.9 Å². The molecule has 42 heavy (non-hydrogen) atoms. The van der Waals surface area contributed by atoms with Gasteiger partial charge >= 0.3 is 0 Å². The summed E-state index contributed by atoms with van der Waals surface area (Å²) in [5.74, 6) is -5.37. The molecule has 1 saturated heterocycles. The van der Waals surface area contributed by atoms with Crippen molar-refractivity contribution in [1.29, 1.82) is 0 Å². The van der Waals surface area contributed by atoms with Gasteiger partial charge in [0.1, 0.15) is 27.9 Å². The van der Waals surface area contributed by atoms with Crippen molar-refractivity contribution >= 4 is 73.9 Å². The van der Waals surface area contributed by atoms with Crippen LogP contribution in [0.2, 0.25) is 5.02 Å². The highest BCUT2D eigenvalue weighted by Gasteiger charge is 2.67. The molecule has 2 aliphatic rings. The fraction of sp³-hybridized carbons (Fsp3) is 0.300. The summed E-state index contributed by atoms with van der Waals surface area (Å²) in [6, 6.07) is 10.6. The van der Waals surface area contributed by atoms with Gasteiger partial charge in [-0.05, 0) is 76.3 Å². The van der Waals surface area contributed by atoms with E-state index in [1.807, 2.05) is 0 Å². The molecule has 0 spiro atoms. The van der Waals surface area contributed by atoms with Crippen molar-refractivity contribution in [3.05, 3.63) is 97.7 Å². The molecule has 1 saturated carbocycles. The Bertz CT molecular complexity index is 1600. The number of ketones is 2. The van der Waals surface area contributed by atoms with Crippen LogP contribution in [0.5, 0.6) is 0 Å². The van der Waals surface area contributed by atoms with Crippen molar-refractivity contribution in [3.63, 3.8) is 0 Å². The van der Waals surface area contributed by atoms with E-state index in [-0.39, 0.29) is 26.3 Å². The molecule has 3 aromatic rings. The van der Waals surface area contributed by atoms with Crippen LogP contribution in [0.3, 0.4) is 0 Å². The lowest BCUT2D eigenvalue weighted by Crippen LogP contribution is -2.23. The summed E-state index contributed by atoms with van der Waals surface area (Å²) < 4.78 is 47.5. The molecule has 12 heteroatoms. The molecular formula is C30H22BrCl3F3NO4. The minimum absolute atomic E-state index is 0.00649. The van der Waals surface area contributed by atoms with E-state index < -0.39 is 75.6 Å². The summed E-state index contributed by atoms with van der Waals surface area (Å²) in [6.07, 6.45) is -0.472. The van der Waals surface area contributed by atoms with Gasteiger partial charge in [-0.2, -0.15) is 0 Å². The second kappa shape index (κ2) is 12.3. The molecule has 2 fully saturated rings. The highest BCUT2D eigenvalue weighted by molar-refractivity contribution is 9.10. The van der Waals surface area contributed by atoms with Crippen LogP contribution < -0.4 is 5.32 Å². The maximum Gasteiger partial charge on any atom is 0.231 e. The van der Waals surface area contributed by atoms with E-state index in [2.05, 4.69) is 21.2 Å². The van der Waals surface area contributed by atoms with Gasteiger partial charge < -0.3 is 10.1 Å². The standard InChI is InChI=1S/C30H22BrCl3F3NO4/c31-19-10-14(3-8-22(19)36)26-27(30(26,33)34)29(41)38-16-5-6-20(32)17(12-16)23(39)11-15-4-7-21(35)18(28(15)37)13-24(40)25-2-1-9-42-25/h3-8,10,12,25-27H,1-2,9,11,13H2,(H,38,41)/t25?,26-,27+/m0/s1. The highest BCUT2D eigenvalue weighted by atomic mass is 79.9. The average molecular weight is 704 g/mol. The molecule has 1 N–H and O–H groups in total. The number of rotatable bonds is 9. The largest absolute Gasteiger partial charge is 0.370 e. The first kappa shape index (κ1) is 31.0. The molecule has 0 aromatic heterocycles. The second-order valence-electron chi connectivity index (χ2n) is 10.2. The van der Waals surface area contributed by atoms with Gasteiger partial charge in [-0.25, -0.2) is 13.2 Å².